The molecule has 6 heteroatoms. The van der Waals surface area contributed by atoms with Crippen molar-refractivity contribution in [2.45, 2.75) is 25.3 Å². The first-order valence-corrected chi connectivity index (χ1v) is 6.80. The number of nitrogens with zero attached hydrogens (tertiary/aromatic N) is 2. The smallest absolute Gasteiger partial charge is 0.317 e. The molecule has 0 aromatic heterocycles. The molecule has 1 aromatic rings. The molecule has 1 saturated carbocycles. The van der Waals surface area contributed by atoms with Crippen molar-refractivity contribution in [2.75, 3.05) is 18.4 Å². The van der Waals surface area contributed by atoms with Gasteiger partial charge in [-0.15, -0.1) is 0 Å². The van der Waals surface area contributed by atoms with Crippen LogP contribution in [0.15, 0.2) is 24.3 Å². The van der Waals surface area contributed by atoms with Crippen LogP contribution < -0.4 is 5.32 Å². The Balaban J connectivity index is 1.88. The number of carboxylic acid groups (broad SMARTS) is 1. The molecule has 0 heterocycles. The SMILES string of the molecule is N#CCc1ccc(NC(=O)CN(CC(=O)O)C2CC2)cc1. The van der Waals surface area contributed by atoms with E-state index in [0.29, 0.717) is 12.1 Å². The standard InChI is InChI=1S/C15H17N3O3/c16-8-7-11-1-3-12(4-2-11)17-14(19)9-18(10-15(20)21)13-5-6-13/h1-4,13H,5-7,9-10H2,(H,17,19)(H,20,21). The van der Waals surface area contributed by atoms with Gasteiger partial charge < -0.3 is 10.4 Å². The highest BCUT2D eigenvalue weighted by atomic mass is 16.4. The molecule has 1 amide bonds. The van der Waals surface area contributed by atoms with Crippen molar-refractivity contribution in [1.82, 2.24) is 4.90 Å². The lowest BCUT2D eigenvalue weighted by Crippen LogP contribution is -2.38. The molecule has 110 valence electrons. The first-order valence-electron chi connectivity index (χ1n) is 6.80. The van der Waals surface area contributed by atoms with E-state index in [-0.39, 0.29) is 25.0 Å². The van der Waals surface area contributed by atoms with Crippen molar-refractivity contribution in [1.29, 1.82) is 5.26 Å². The summed E-state index contributed by atoms with van der Waals surface area (Å²) in [5.41, 5.74) is 1.54. The summed E-state index contributed by atoms with van der Waals surface area (Å²) in [5, 5.41) is 20.2. The van der Waals surface area contributed by atoms with E-state index in [1.807, 2.05) is 0 Å². The lowest BCUT2D eigenvalue weighted by atomic mass is 10.1. The third-order valence-electron chi connectivity index (χ3n) is 3.27. The Morgan fingerprint density at radius 2 is 1.95 bits per heavy atom. The van der Waals surface area contributed by atoms with E-state index < -0.39 is 5.97 Å². The van der Waals surface area contributed by atoms with E-state index >= 15 is 0 Å². The summed E-state index contributed by atoms with van der Waals surface area (Å²) in [6.45, 7) is -0.0316. The van der Waals surface area contributed by atoms with Crippen LogP contribution in [0.25, 0.3) is 0 Å². The van der Waals surface area contributed by atoms with E-state index in [0.717, 1.165) is 18.4 Å². The number of benzene rings is 1. The van der Waals surface area contributed by atoms with Crippen LogP contribution in [0.4, 0.5) is 5.69 Å². The van der Waals surface area contributed by atoms with Crippen molar-refractivity contribution >= 4 is 17.6 Å². The van der Waals surface area contributed by atoms with Crippen LogP contribution in [0.1, 0.15) is 18.4 Å². The van der Waals surface area contributed by atoms with Gasteiger partial charge in [-0.05, 0) is 30.5 Å². The minimum atomic E-state index is -0.921. The highest BCUT2D eigenvalue weighted by Gasteiger charge is 2.31. The molecule has 0 atom stereocenters. The number of aliphatic carboxylic acids is 1. The molecule has 21 heavy (non-hydrogen) atoms. The minimum Gasteiger partial charge on any atom is -0.480 e. The van der Waals surface area contributed by atoms with E-state index in [1.54, 1.807) is 29.2 Å². The van der Waals surface area contributed by atoms with Gasteiger partial charge in [0.2, 0.25) is 5.91 Å². The van der Waals surface area contributed by atoms with Gasteiger partial charge in [0.1, 0.15) is 0 Å². The Labute approximate surface area is 123 Å². The molecule has 0 unspecified atom stereocenters. The van der Waals surface area contributed by atoms with Gasteiger partial charge in [0.25, 0.3) is 0 Å². The van der Waals surface area contributed by atoms with Crippen molar-refractivity contribution < 1.29 is 14.7 Å². The molecule has 0 spiro atoms. The first kappa shape index (κ1) is 15.0. The van der Waals surface area contributed by atoms with Crippen LogP contribution >= 0.6 is 0 Å². The normalized spacial score (nSPS) is 13.7. The number of carbonyl (C=O) groups is 2. The molecule has 0 bridgehead atoms. The van der Waals surface area contributed by atoms with Gasteiger partial charge in [-0.2, -0.15) is 5.26 Å². The van der Waals surface area contributed by atoms with Crippen molar-refractivity contribution in [3.05, 3.63) is 29.8 Å². The molecule has 1 aliphatic carbocycles. The van der Waals surface area contributed by atoms with E-state index in [4.69, 9.17) is 10.4 Å². The van der Waals surface area contributed by atoms with Crippen LogP contribution in [0.3, 0.4) is 0 Å². The number of amides is 1. The molecule has 1 aromatic carbocycles. The highest BCUT2D eigenvalue weighted by molar-refractivity contribution is 5.92. The molecule has 0 saturated heterocycles. The van der Waals surface area contributed by atoms with Crippen LogP contribution in [0.2, 0.25) is 0 Å². The summed E-state index contributed by atoms with van der Waals surface area (Å²) in [6.07, 6.45) is 2.23. The summed E-state index contributed by atoms with van der Waals surface area (Å²) < 4.78 is 0. The van der Waals surface area contributed by atoms with Gasteiger partial charge in [-0.25, -0.2) is 0 Å². The monoisotopic (exact) mass is 287 g/mol. The van der Waals surface area contributed by atoms with Gasteiger partial charge in [0, 0.05) is 11.7 Å². The fraction of sp³-hybridized carbons (Fsp3) is 0.400. The molecule has 1 fully saturated rings. The van der Waals surface area contributed by atoms with Crippen LogP contribution in [0.5, 0.6) is 0 Å². The molecule has 0 radical (unpaired) electrons. The van der Waals surface area contributed by atoms with Gasteiger partial charge in [-0.3, -0.25) is 14.5 Å². The Hall–Kier alpha value is -2.39. The average Bonchev–Trinajstić information content (AvgIpc) is 3.24. The molecule has 0 aliphatic heterocycles. The number of carbonyl (C=O) groups excluding carboxylic acids is 1. The number of rotatable bonds is 7. The van der Waals surface area contributed by atoms with Gasteiger partial charge >= 0.3 is 5.97 Å². The Kier molecular flexibility index (Phi) is 4.90. The fourth-order valence-corrected chi connectivity index (χ4v) is 2.11. The van der Waals surface area contributed by atoms with Crippen LogP contribution in [-0.2, 0) is 16.0 Å². The second-order valence-corrected chi connectivity index (χ2v) is 5.11. The van der Waals surface area contributed by atoms with E-state index in [1.165, 1.54) is 0 Å². The summed E-state index contributed by atoms with van der Waals surface area (Å²) in [5.74, 6) is -1.15. The third kappa shape index (κ3) is 4.89. The maximum absolute atomic E-state index is 11.9. The maximum Gasteiger partial charge on any atom is 0.317 e. The average molecular weight is 287 g/mol. The summed E-state index contributed by atoms with van der Waals surface area (Å²) in [4.78, 5) is 24.4. The quantitative estimate of drug-likeness (QED) is 0.787. The first-order chi connectivity index (χ1) is 10.1. The third-order valence-corrected chi connectivity index (χ3v) is 3.27. The number of hydrogen-bond acceptors (Lipinski definition) is 4. The van der Waals surface area contributed by atoms with Gasteiger partial charge in [0.15, 0.2) is 0 Å². The summed E-state index contributed by atoms with van der Waals surface area (Å²) >= 11 is 0. The largest absolute Gasteiger partial charge is 0.480 e. The summed E-state index contributed by atoms with van der Waals surface area (Å²) in [7, 11) is 0. The van der Waals surface area contributed by atoms with Gasteiger partial charge in [-0.1, -0.05) is 12.1 Å². The topological polar surface area (TPSA) is 93.4 Å². The second-order valence-electron chi connectivity index (χ2n) is 5.11. The summed E-state index contributed by atoms with van der Waals surface area (Å²) in [6, 6.07) is 9.32. The molecule has 2 N–H and O–H groups in total. The molecule has 1 aliphatic rings. The van der Waals surface area contributed by atoms with Crippen molar-refractivity contribution in [3.8, 4) is 6.07 Å². The fourth-order valence-electron chi connectivity index (χ4n) is 2.11. The minimum absolute atomic E-state index is 0.0803. The molecular formula is C15H17N3O3. The van der Waals surface area contributed by atoms with Crippen molar-refractivity contribution in [3.63, 3.8) is 0 Å². The number of nitrogens with one attached hydrogen (secondary N) is 1. The lowest BCUT2D eigenvalue weighted by molar-refractivity contribution is -0.138. The van der Waals surface area contributed by atoms with Crippen LogP contribution in [-0.4, -0.2) is 41.0 Å². The molecule has 6 nitrogen and oxygen atoms in total. The number of anilines is 1. The van der Waals surface area contributed by atoms with Gasteiger partial charge in [0.05, 0.1) is 25.6 Å². The Bertz CT molecular complexity index is 559. The predicted octanol–water partition coefficient (Wildman–Crippen LogP) is 1.24. The second kappa shape index (κ2) is 6.86. The number of nitriles is 1. The molecule has 2 rings (SSSR count). The van der Waals surface area contributed by atoms with E-state index in [9.17, 15) is 9.59 Å². The molecular weight excluding hydrogens is 270 g/mol. The van der Waals surface area contributed by atoms with E-state index in [2.05, 4.69) is 11.4 Å². The number of hydrogen-bond donors (Lipinski definition) is 2. The Morgan fingerprint density at radius 1 is 1.29 bits per heavy atom. The highest BCUT2D eigenvalue weighted by Crippen LogP contribution is 2.26. The maximum atomic E-state index is 11.9. The zero-order valence-electron chi connectivity index (χ0n) is 11.6. The van der Waals surface area contributed by atoms with Crippen molar-refractivity contribution in [2.24, 2.45) is 0 Å². The van der Waals surface area contributed by atoms with Crippen LogP contribution in [0, 0.1) is 11.3 Å². The lowest BCUT2D eigenvalue weighted by Gasteiger charge is -2.18. The zero-order valence-corrected chi connectivity index (χ0v) is 11.6. The zero-order chi connectivity index (χ0) is 15.2. The number of carboxylic acids is 1. The predicted molar refractivity (Wildman–Crippen MR) is 76.6 cm³/mol. The Morgan fingerprint density at radius 3 is 2.48 bits per heavy atom.